The lowest BCUT2D eigenvalue weighted by atomic mass is 10.2. The Hall–Kier alpha value is -3.38. The Labute approximate surface area is 137 Å². The van der Waals surface area contributed by atoms with Crippen LogP contribution < -0.4 is 10.8 Å². The molecular weight excluding hydrogens is 312 g/mol. The number of carbonyl (C=O) groups excluding carboxylic acids is 2. The summed E-state index contributed by atoms with van der Waals surface area (Å²) in [7, 11) is 0. The number of carbonyl (C=O) groups is 2. The summed E-state index contributed by atoms with van der Waals surface area (Å²) in [4.78, 5) is 30.7. The molecule has 9 heteroatoms. The van der Waals surface area contributed by atoms with E-state index in [9.17, 15) is 9.59 Å². The summed E-state index contributed by atoms with van der Waals surface area (Å²) in [6, 6.07) is 8.93. The van der Waals surface area contributed by atoms with Crippen molar-refractivity contribution in [3.05, 3.63) is 47.4 Å². The lowest BCUT2D eigenvalue weighted by Crippen LogP contribution is -2.42. The minimum absolute atomic E-state index is 0.00777. The molecule has 0 aromatic heterocycles. The van der Waals surface area contributed by atoms with Crippen LogP contribution in [-0.2, 0) is 16.2 Å². The first-order valence-electron chi connectivity index (χ1n) is 7.09. The van der Waals surface area contributed by atoms with Gasteiger partial charge in [-0.3, -0.25) is 14.5 Å². The topological polar surface area (TPSA) is 98.6 Å². The largest absolute Gasteiger partial charge is 0.360 e. The first-order chi connectivity index (χ1) is 11.7. The fraction of sp³-hybridized carbons (Fsp3) is 0.200. The number of rotatable bonds is 5. The fourth-order valence-corrected chi connectivity index (χ4v) is 2.16. The molecule has 2 heterocycles. The summed E-state index contributed by atoms with van der Waals surface area (Å²) in [5.41, 5.74) is 3.34. The fourth-order valence-electron chi connectivity index (χ4n) is 2.16. The quantitative estimate of drug-likeness (QED) is 0.615. The van der Waals surface area contributed by atoms with E-state index < -0.39 is 11.9 Å². The van der Waals surface area contributed by atoms with Crippen LogP contribution in [0.1, 0.15) is 5.56 Å². The van der Waals surface area contributed by atoms with Gasteiger partial charge in [0, 0.05) is 0 Å². The average molecular weight is 326 g/mol. The summed E-state index contributed by atoms with van der Waals surface area (Å²) in [6.07, 6.45) is 5.16. The predicted molar refractivity (Wildman–Crippen MR) is 82.0 cm³/mol. The maximum atomic E-state index is 12.2. The average Bonchev–Trinajstić information content (AvgIpc) is 3.03. The first-order valence-corrected chi connectivity index (χ1v) is 7.09. The number of hydroxylamine groups is 1. The van der Waals surface area contributed by atoms with Crippen molar-refractivity contribution in [3.8, 4) is 12.3 Å². The van der Waals surface area contributed by atoms with Gasteiger partial charge >= 0.3 is 6.03 Å². The van der Waals surface area contributed by atoms with Crippen LogP contribution in [0, 0.1) is 12.3 Å². The molecule has 0 aliphatic carbocycles. The van der Waals surface area contributed by atoms with E-state index in [2.05, 4.69) is 27.1 Å². The third-order valence-electron chi connectivity index (χ3n) is 3.31. The van der Waals surface area contributed by atoms with Gasteiger partial charge in [0.2, 0.25) is 0 Å². The zero-order valence-electron chi connectivity index (χ0n) is 12.6. The highest BCUT2D eigenvalue weighted by Gasteiger charge is 2.36. The second-order valence-electron chi connectivity index (χ2n) is 4.90. The molecule has 0 bridgehead atoms. The second kappa shape index (κ2) is 6.80. The number of hydrogen-bond donors (Lipinski definition) is 2. The van der Waals surface area contributed by atoms with E-state index in [4.69, 9.17) is 11.3 Å². The molecule has 2 N–H and O–H groups in total. The monoisotopic (exact) mass is 326 g/mol. The van der Waals surface area contributed by atoms with Crippen LogP contribution in [0.5, 0.6) is 0 Å². The molecule has 9 nitrogen and oxygen atoms in total. The number of benzene rings is 1. The molecule has 2 aliphatic rings. The van der Waals surface area contributed by atoms with Gasteiger partial charge in [-0.1, -0.05) is 41.5 Å². The Morgan fingerprint density at radius 2 is 2.21 bits per heavy atom. The van der Waals surface area contributed by atoms with Crippen LogP contribution in [0.2, 0.25) is 0 Å². The lowest BCUT2D eigenvalue weighted by Gasteiger charge is -2.24. The van der Waals surface area contributed by atoms with Gasteiger partial charge in [-0.15, -0.1) is 11.5 Å². The Bertz CT molecular complexity index is 752. The van der Waals surface area contributed by atoms with Crippen molar-refractivity contribution in [2.75, 3.05) is 13.2 Å². The van der Waals surface area contributed by atoms with Crippen molar-refractivity contribution in [2.24, 2.45) is 10.3 Å². The normalized spacial score (nSPS) is 15.9. The number of nitrogens with zero attached hydrogens (tertiary/aromatic N) is 4. The van der Waals surface area contributed by atoms with Crippen LogP contribution in [0.4, 0.5) is 4.79 Å². The highest BCUT2D eigenvalue weighted by Crippen LogP contribution is 2.23. The van der Waals surface area contributed by atoms with Gasteiger partial charge in [-0.2, -0.15) is 5.01 Å². The predicted octanol–water partition coefficient (Wildman–Crippen LogP) is 0.702. The highest BCUT2D eigenvalue weighted by atomic mass is 16.6. The van der Waals surface area contributed by atoms with E-state index >= 15 is 0 Å². The standard InChI is InChI=1S/C15H14N6O3/c1-2-8-21-15(23)20-10-16-12(13(20)17-19-21)14(22)18-24-9-11-6-4-3-5-7-11/h1,3-7,16H,8-10H2,(H,18,22). The number of fused-ring (bicyclic) bond motifs is 1. The van der Waals surface area contributed by atoms with Gasteiger partial charge in [0.25, 0.3) is 5.91 Å². The smallest absolute Gasteiger partial charge is 0.349 e. The Balaban J connectivity index is 1.64. The van der Waals surface area contributed by atoms with Crippen molar-refractivity contribution in [2.45, 2.75) is 6.61 Å². The summed E-state index contributed by atoms with van der Waals surface area (Å²) in [5.74, 6) is 1.91. The van der Waals surface area contributed by atoms with Crippen molar-refractivity contribution in [1.29, 1.82) is 0 Å². The van der Waals surface area contributed by atoms with E-state index in [0.29, 0.717) is 0 Å². The molecule has 0 atom stereocenters. The first kappa shape index (κ1) is 15.5. The van der Waals surface area contributed by atoms with E-state index in [1.807, 2.05) is 30.3 Å². The molecule has 3 amide bonds. The summed E-state index contributed by atoms with van der Waals surface area (Å²) in [5, 5.41) is 11.4. The minimum atomic E-state index is -0.541. The molecule has 24 heavy (non-hydrogen) atoms. The van der Waals surface area contributed by atoms with Crippen molar-refractivity contribution >= 4 is 11.9 Å². The second-order valence-corrected chi connectivity index (χ2v) is 4.90. The molecule has 0 saturated carbocycles. The van der Waals surface area contributed by atoms with Gasteiger partial charge in [0.15, 0.2) is 5.82 Å². The van der Waals surface area contributed by atoms with Crippen molar-refractivity contribution in [1.82, 2.24) is 20.7 Å². The Morgan fingerprint density at radius 3 is 2.96 bits per heavy atom. The van der Waals surface area contributed by atoms with Crippen LogP contribution >= 0.6 is 0 Å². The van der Waals surface area contributed by atoms with Gasteiger partial charge in [0.1, 0.15) is 12.2 Å². The third kappa shape index (κ3) is 3.04. The number of nitrogens with one attached hydrogen (secondary N) is 2. The van der Waals surface area contributed by atoms with Crippen molar-refractivity contribution < 1.29 is 14.4 Å². The number of terminal acetylenes is 1. The Kier molecular flexibility index (Phi) is 4.40. The molecule has 0 spiro atoms. The zero-order valence-corrected chi connectivity index (χ0v) is 12.6. The zero-order chi connectivity index (χ0) is 16.9. The molecule has 0 fully saturated rings. The summed E-state index contributed by atoms with van der Waals surface area (Å²) >= 11 is 0. The van der Waals surface area contributed by atoms with Crippen molar-refractivity contribution in [3.63, 3.8) is 0 Å². The minimum Gasteiger partial charge on any atom is -0.360 e. The van der Waals surface area contributed by atoms with Gasteiger partial charge < -0.3 is 5.32 Å². The number of urea groups is 1. The van der Waals surface area contributed by atoms with Crippen LogP contribution in [-0.4, -0.2) is 35.1 Å². The van der Waals surface area contributed by atoms with Gasteiger partial charge in [-0.25, -0.2) is 10.3 Å². The van der Waals surface area contributed by atoms with Crippen LogP contribution in [0.15, 0.2) is 52.2 Å². The maximum absolute atomic E-state index is 12.2. The SMILES string of the molecule is C#CCN1N=NC2=C(C(=O)NOCc3ccccc3)NCN2C1=O. The molecule has 0 saturated heterocycles. The molecular formula is C15H14N6O3. The van der Waals surface area contributed by atoms with E-state index in [0.717, 1.165) is 10.6 Å². The van der Waals surface area contributed by atoms with E-state index in [1.54, 1.807) is 0 Å². The molecule has 3 rings (SSSR count). The lowest BCUT2D eigenvalue weighted by molar-refractivity contribution is -0.130. The summed E-state index contributed by atoms with van der Waals surface area (Å²) < 4.78 is 0. The number of hydrogen-bond acceptors (Lipinski definition) is 6. The van der Waals surface area contributed by atoms with Crippen LogP contribution in [0.3, 0.4) is 0 Å². The Morgan fingerprint density at radius 1 is 1.42 bits per heavy atom. The molecule has 1 aromatic rings. The number of amides is 3. The highest BCUT2D eigenvalue weighted by molar-refractivity contribution is 5.94. The molecule has 0 radical (unpaired) electrons. The third-order valence-corrected chi connectivity index (χ3v) is 3.31. The molecule has 122 valence electrons. The molecule has 1 aromatic carbocycles. The maximum Gasteiger partial charge on any atom is 0.349 e. The molecule has 0 unspecified atom stereocenters. The van der Waals surface area contributed by atoms with Gasteiger partial charge in [-0.05, 0) is 5.56 Å². The molecule has 2 aliphatic heterocycles. The van der Waals surface area contributed by atoms with E-state index in [1.165, 1.54) is 4.90 Å². The summed E-state index contributed by atoms with van der Waals surface area (Å²) in [6.45, 7) is 0.332. The van der Waals surface area contributed by atoms with Gasteiger partial charge in [0.05, 0.1) is 13.3 Å². The van der Waals surface area contributed by atoms with E-state index in [-0.39, 0.29) is 31.3 Å². The van der Waals surface area contributed by atoms with Crippen LogP contribution in [0.25, 0.3) is 0 Å².